The van der Waals surface area contributed by atoms with Gasteiger partial charge in [0, 0.05) is 21.4 Å². The van der Waals surface area contributed by atoms with Crippen LogP contribution in [0.2, 0.25) is 0 Å². The van der Waals surface area contributed by atoms with E-state index in [4.69, 9.17) is 10.5 Å². The number of ether oxygens (including phenoxy) is 1. The van der Waals surface area contributed by atoms with Gasteiger partial charge in [-0.1, -0.05) is 24.3 Å². The highest BCUT2D eigenvalue weighted by molar-refractivity contribution is 7.12. The number of primary amides is 1. The topological polar surface area (TPSA) is 119 Å². The van der Waals surface area contributed by atoms with Crippen molar-refractivity contribution in [3.05, 3.63) is 74.5 Å². The fourth-order valence-corrected chi connectivity index (χ4v) is 6.10. The lowest BCUT2D eigenvalue weighted by Crippen LogP contribution is -2.39. The van der Waals surface area contributed by atoms with Gasteiger partial charge in [-0.3, -0.25) is 14.4 Å². The number of carboxylic acids is 1. The molecule has 1 heterocycles. The largest absolute Gasteiger partial charge is 0.497 e. The van der Waals surface area contributed by atoms with Gasteiger partial charge in [-0.25, -0.2) is 0 Å². The lowest BCUT2D eigenvalue weighted by atomic mass is 9.86. The Hall–Kier alpha value is -3.65. The number of hydrogen-bond acceptors (Lipinski definition) is 5. The van der Waals surface area contributed by atoms with Crippen LogP contribution in [-0.2, 0) is 11.2 Å². The number of thiophene rings is 1. The van der Waals surface area contributed by atoms with Gasteiger partial charge in [-0.15, -0.1) is 11.3 Å². The summed E-state index contributed by atoms with van der Waals surface area (Å²) in [5.74, 6) is -1.09. The highest BCUT2D eigenvalue weighted by Crippen LogP contribution is 2.32. The van der Waals surface area contributed by atoms with Crippen LogP contribution >= 0.6 is 11.3 Å². The molecule has 0 bridgehead atoms. The Kier molecular flexibility index (Phi) is 7.97. The fraction of sp³-hybridized carbons (Fsp3) is 0.345. The molecule has 0 aliphatic heterocycles. The van der Waals surface area contributed by atoms with E-state index < -0.39 is 11.9 Å². The summed E-state index contributed by atoms with van der Waals surface area (Å²) in [5.41, 5.74) is 10.4. The summed E-state index contributed by atoms with van der Waals surface area (Å²) in [4.78, 5) is 38.3. The molecule has 2 aromatic carbocycles. The fourth-order valence-electron chi connectivity index (χ4n) is 5.03. The number of nitrogens with two attached hydrogens (primary N) is 1. The first kappa shape index (κ1) is 26.4. The second kappa shape index (κ2) is 11.2. The average Bonchev–Trinajstić information content (AvgIpc) is 3.16. The summed E-state index contributed by atoms with van der Waals surface area (Å²) in [5, 5.41) is 12.4. The van der Waals surface area contributed by atoms with Gasteiger partial charge < -0.3 is 20.9 Å². The van der Waals surface area contributed by atoms with Gasteiger partial charge in [0.25, 0.3) is 5.91 Å². The second-order valence-electron chi connectivity index (χ2n) is 9.62. The first-order chi connectivity index (χ1) is 17.7. The van der Waals surface area contributed by atoms with Crippen molar-refractivity contribution in [3.63, 3.8) is 0 Å². The molecule has 7 nitrogen and oxygen atoms in total. The van der Waals surface area contributed by atoms with Crippen LogP contribution in [-0.4, -0.2) is 36.0 Å². The van der Waals surface area contributed by atoms with E-state index in [1.807, 2.05) is 44.2 Å². The van der Waals surface area contributed by atoms with Crippen LogP contribution in [0.5, 0.6) is 5.75 Å². The molecule has 3 aromatic rings. The maximum Gasteiger partial charge on any atom is 0.306 e. The van der Waals surface area contributed by atoms with Crippen molar-refractivity contribution >= 4 is 29.1 Å². The van der Waals surface area contributed by atoms with E-state index in [2.05, 4.69) is 5.32 Å². The van der Waals surface area contributed by atoms with Gasteiger partial charge in [0.1, 0.15) is 5.75 Å². The molecule has 2 amide bonds. The molecule has 0 saturated heterocycles. The minimum atomic E-state index is -0.748. The molecule has 1 aliphatic rings. The molecule has 1 aliphatic carbocycles. The molecule has 4 N–H and O–H groups in total. The molecule has 1 fully saturated rings. The van der Waals surface area contributed by atoms with E-state index >= 15 is 0 Å². The van der Waals surface area contributed by atoms with Crippen LogP contribution in [0.1, 0.15) is 67.3 Å². The van der Waals surface area contributed by atoms with Crippen molar-refractivity contribution in [1.82, 2.24) is 5.32 Å². The normalized spacial score (nSPS) is 17.3. The summed E-state index contributed by atoms with van der Waals surface area (Å²) in [6.07, 6.45) is 3.17. The third-order valence-electron chi connectivity index (χ3n) is 7.12. The van der Waals surface area contributed by atoms with E-state index in [0.29, 0.717) is 43.4 Å². The summed E-state index contributed by atoms with van der Waals surface area (Å²) >= 11 is 1.62. The number of aliphatic carboxylic acids is 1. The quantitative estimate of drug-likeness (QED) is 0.382. The lowest BCUT2D eigenvalue weighted by molar-refractivity contribution is -0.142. The number of carboxylic acid groups (broad SMARTS) is 1. The summed E-state index contributed by atoms with van der Waals surface area (Å²) in [7, 11) is 1.55. The second-order valence-corrected chi connectivity index (χ2v) is 11.0. The van der Waals surface area contributed by atoms with E-state index in [-0.39, 0.29) is 17.9 Å². The number of rotatable bonds is 8. The Morgan fingerprint density at radius 1 is 1.00 bits per heavy atom. The van der Waals surface area contributed by atoms with E-state index in [9.17, 15) is 19.5 Å². The molecule has 1 saturated carbocycles. The Balaban J connectivity index is 1.51. The summed E-state index contributed by atoms with van der Waals surface area (Å²) in [6.45, 7) is 4.01. The molecule has 0 unspecified atom stereocenters. The molecule has 0 atom stereocenters. The highest BCUT2D eigenvalue weighted by atomic mass is 32.1. The predicted molar refractivity (Wildman–Crippen MR) is 144 cm³/mol. The van der Waals surface area contributed by atoms with Gasteiger partial charge in [-0.2, -0.15) is 0 Å². The molecule has 37 heavy (non-hydrogen) atoms. The van der Waals surface area contributed by atoms with Crippen molar-refractivity contribution < 1.29 is 24.2 Å². The van der Waals surface area contributed by atoms with Crippen molar-refractivity contribution in [2.24, 2.45) is 11.7 Å². The van der Waals surface area contributed by atoms with Crippen molar-refractivity contribution in [1.29, 1.82) is 0 Å². The summed E-state index contributed by atoms with van der Waals surface area (Å²) < 4.78 is 5.32. The molecular weight excluding hydrogens is 488 g/mol. The van der Waals surface area contributed by atoms with Crippen LogP contribution in [0.3, 0.4) is 0 Å². The number of methoxy groups -OCH3 is 1. The molecule has 0 radical (unpaired) electrons. The zero-order valence-corrected chi connectivity index (χ0v) is 22.1. The van der Waals surface area contributed by atoms with Crippen LogP contribution < -0.4 is 15.8 Å². The van der Waals surface area contributed by atoms with Gasteiger partial charge in [0.15, 0.2) is 0 Å². The maximum absolute atomic E-state index is 13.3. The van der Waals surface area contributed by atoms with Crippen LogP contribution in [0, 0.1) is 19.8 Å². The van der Waals surface area contributed by atoms with Gasteiger partial charge in [0.2, 0.25) is 5.91 Å². The Labute approximate surface area is 220 Å². The molecule has 1 aromatic heterocycles. The predicted octanol–water partition coefficient (Wildman–Crippen LogP) is 5.10. The number of hydrogen-bond donors (Lipinski definition) is 3. The number of carbonyl (C=O) groups excluding carboxylic acids is 2. The Morgan fingerprint density at radius 3 is 2.27 bits per heavy atom. The van der Waals surface area contributed by atoms with Crippen LogP contribution in [0.15, 0.2) is 42.5 Å². The van der Waals surface area contributed by atoms with Crippen LogP contribution in [0.4, 0.5) is 0 Å². The first-order valence-electron chi connectivity index (χ1n) is 12.4. The molecule has 8 heteroatoms. The number of aryl methyl sites for hydroxylation is 2. The first-order valence-corrected chi connectivity index (χ1v) is 13.2. The smallest absolute Gasteiger partial charge is 0.306 e. The Bertz CT molecular complexity index is 1320. The minimum Gasteiger partial charge on any atom is -0.497 e. The number of carbonyl (C=O) groups is 3. The van der Waals surface area contributed by atoms with Crippen LogP contribution in [0.25, 0.3) is 11.1 Å². The van der Waals surface area contributed by atoms with Gasteiger partial charge in [-0.05, 0) is 86.4 Å². The standard InChI is InChI=1S/C29H32N2O5S/c1-16-25(26(17(2)37-16)28(33)31-23-10-8-20(9-11-23)29(34)35)12-18-4-6-19(7-5-18)21-13-22(27(30)32)15-24(14-21)36-3/h4-7,13-15,20,23H,8-12H2,1-3H3,(H2,30,32)(H,31,33)(H,34,35). The van der Waals surface area contributed by atoms with E-state index in [0.717, 1.165) is 37.6 Å². The average molecular weight is 521 g/mol. The molecule has 0 spiro atoms. The third kappa shape index (κ3) is 6.02. The SMILES string of the molecule is COc1cc(C(N)=O)cc(-c2ccc(Cc3c(C)sc(C)c3C(=O)NC3CCC(C(=O)O)CC3)cc2)c1. The van der Waals surface area contributed by atoms with E-state index in [1.54, 1.807) is 30.6 Å². The Morgan fingerprint density at radius 2 is 1.68 bits per heavy atom. The molecular formula is C29H32N2O5S. The number of benzene rings is 2. The van der Waals surface area contributed by atoms with Crippen molar-refractivity contribution in [3.8, 4) is 16.9 Å². The molecule has 4 rings (SSSR count). The van der Waals surface area contributed by atoms with Crippen molar-refractivity contribution in [2.45, 2.75) is 52.0 Å². The summed E-state index contributed by atoms with van der Waals surface area (Å²) in [6, 6.07) is 13.3. The zero-order chi connectivity index (χ0) is 26.7. The monoisotopic (exact) mass is 520 g/mol. The zero-order valence-electron chi connectivity index (χ0n) is 21.3. The molecule has 194 valence electrons. The highest BCUT2D eigenvalue weighted by Gasteiger charge is 2.28. The van der Waals surface area contributed by atoms with Gasteiger partial charge >= 0.3 is 5.97 Å². The van der Waals surface area contributed by atoms with Crippen molar-refractivity contribution in [2.75, 3.05) is 7.11 Å². The van der Waals surface area contributed by atoms with E-state index in [1.165, 1.54) is 0 Å². The minimum absolute atomic E-state index is 0.00277. The number of nitrogens with one attached hydrogen (secondary N) is 1. The third-order valence-corrected chi connectivity index (χ3v) is 8.18. The number of amides is 2. The maximum atomic E-state index is 13.3. The van der Waals surface area contributed by atoms with Gasteiger partial charge in [0.05, 0.1) is 18.6 Å². The lowest BCUT2D eigenvalue weighted by Gasteiger charge is -2.27.